The predicted molar refractivity (Wildman–Crippen MR) is 66.9 cm³/mol. The van der Waals surface area contributed by atoms with E-state index in [1.165, 1.54) is 0 Å². The molecule has 3 unspecified atom stereocenters. The fraction of sp³-hybridized carbons (Fsp3) is 0.846. The van der Waals surface area contributed by atoms with Crippen LogP contribution in [-0.2, 0) is 14.3 Å². The Balaban J connectivity index is 2.13. The van der Waals surface area contributed by atoms with Crippen LogP contribution in [0.15, 0.2) is 0 Å². The number of piperazine rings is 1. The molecule has 2 fully saturated rings. The second kappa shape index (κ2) is 5.26. The zero-order valence-corrected chi connectivity index (χ0v) is 11.3. The first-order valence-corrected chi connectivity index (χ1v) is 6.72. The summed E-state index contributed by atoms with van der Waals surface area (Å²) in [5.41, 5.74) is 0. The molecule has 0 aromatic carbocycles. The molecular formula is C13H22N2O3. The van der Waals surface area contributed by atoms with Gasteiger partial charge in [0.1, 0.15) is 12.1 Å². The molecule has 0 spiro atoms. The van der Waals surface area contributed by atoms with Crippen LogP contribution < -0.4 is 5.32 Å². The summed E-state index contributed by atoms with van der Waals surface area (Å²) in [6, 6.07) is -0.644. The van der Waals surface area contributed by atoms with E-state index >= 15 is 0 Å². The Bertz CT molecular complexity index is 341. The van der Waals surface area contributed by atoms with Crippen molar-refractivity contribution in [3.8, 4) is 0 Å². The highest BCUT2D eigenvalue weighted by molar-refractivity contribution is 5.97. The van der Waals surface area contributed by atoms with Crippen molar-refractivity contribution in [3.63, 3.8) is 0 Å². The Morgan fingerprint density at radius 3 is 2.61 bits per heavy atom. The standard InChI is InChI=1S/C13H22N2O3/c1-4-10-12(16)14-11(9-5-6-9)13(17)15(10)7-8(2)18-3/h8-11H,4-7H2,1-3H3,(H,14,16). The number of nitrogens with zero attached hydrogens (tertiary/aromatic N) is 1. The minimum absolute atomic E-state index is 0.0164. The number of ether oxygens (including phenoxy) is 1. The van der Waals surface area contributed by atoms with Gasteiger partial charge in [0.05, 0.1) is 6.10 Å². The topological polar surface area (TPSA) is 58.6 Å². The lowest BCUT2D eigenvalue weighted by molar-refractivity contribution is -0.151. The van der Waals surface area contributed by atoms with Crippen LogP contribution in [0.5, 0.6) is 0 Å². The number of nitrogens with one attached hydrogen (secondary N) is 1. The van der Waals surface area contributed by atoms with Crippen LogP contribution in [0.4, 0.5) is 0 Å². The highest BCUT2D eigenvalue weighted by atomic mass is 16.5. The van der Waals surface area contributed by atoms with E-state index in [4.69, 9.17) is 4.74 Å². The smallest absolute Gasteiger partial charge is 0.246 e. The maximum Gasteiger partial charge on any atom is 0.246 e. The third kappa shape index (κ3) is 2.51. The molecule has 2 amide bonds. The van der Waals surface area contributed by atoms with E-state index < -0.39 is 0 Å². The maximum absolute atomic E-state index is 12.4. The van der Waals surface area contributed by atoms with Crippen molar-refractivity contribution in [2.75, 3.05) is 13.7 Å². The van der Waals surface area contributed by atoms with Crippen molar-refractivity contribution in [1.29, 1.82) is 0 Å². The van der Waals surface area contributed by atoms with Crippen LogP contribution in [0.1, 0.15) is 33.1 Å². The number of methoxy groups -OCH3 is 1. The molecule has 102 valence electrons. The zero-order chi connectivity index (χ0) is 13.3. The SMILES string of the molecule is CCC1C(=O)NC(C2CC2)C(=O)N1CC(C)OC. The Kier molecular flexibility index (Phi) is 3.90. The largest absolute Gasteiger partial charge is 0.380 e. The van der Waals surface area contributed by atoms with Crippen LogP contribution in [-0.4, -0.2) is 48.6 Å². The lowest BCUT2D eigenvalue weighted by atomic mass is 10.0. The van der Waals surface area contributed by atoms with Gasteiger partial charge in [-0.25, -0.2) is 0 Å². The van der Waals surface area contributed by atoms with Gasteiger partial charge in [0.15, 0.2) is 0 Å². The van der Waals surface area contributed by atoms with Gasteiger partial charge in [-0.1, -0.05) is 6.92 Å². The Hall–Kier alpha value is -1.10. The first-order chi connectivity index (χ1) is 8.58. The number of amides is 2. The van der Waals surface area contributed by atoms with Gasteiger partial charge in [-0.05, 0) is 32.1 Å². The summed E-state index contributed by atoms with van der Waals surface area (Å²) >= 11 is 0. The third-order valence-corrected chi connectivity index (χ3v) is 3.86. The van der Waals surface area contributed by atoms with E-state index in [1.807, 2.05) is 13.8 Å². The highest BCUT2D eigenvalue weighted by Gasteiger charge is 2.46. The molecule has 0 aromatic heterocycles. The molecule has 5 nitrogen and oxygen atoms in total. The third-order valence-electron chi connectivity index (χ3n) is 3.86. The molecule has 1 aliphatic heterocycles. The predicted octanol–water partition coefficient (Wildman–Crippen LogP) is 0.537. The zero-order valence-electron chi connectivity index (χ0n) is 11.3. The van der Waals surface area contributed by atoms with Gasteiger partial charge in [-0.2, -0.15) is 0 Å². The van der Waals surface area contributed by atoms with Crippen molar-refractivity contribution in [2.45, 2.75) is 51.3 Å². The van der Waals surface area contributed by atoms with Crippen LogP contribution in [0.3, 0.4) is 0 Å². The first kappa shape index (κ1) is 13.3. The van der Waals surface area contributed by atoms with E-state index in [2.05, 4.69) is 5.32 Å². The van der Waals surface area contributed by atoms with E-state index in [0.717, 1.165) is 12.8 Å². The molecule has 2 aliphatic rings. The summed E-state index contributed by atoms with van der Waals surface area (Å²) in [4.78, 5) is 26.2. The van der Waals surface area contributed by atoms with E-state index in [9.17, 15) is 9.59 Å². The molecule has 1 aliphatic carbocycles. The summed E-state index contributed by atoms with van der Waals surface area (Å²) in [5.74, 6) is 0.393. The van der Waals surface area contributed by atoms with Crippen molar-refractivity contribution in [2.24, 2.45) is 5.92 Å². The Morgan fingerprint density at radius 2 is 2.11 bits per heavy atom. The second-order valence-electron chi connectivity index (χ2n) is 5.28. The van der Waals surface area contributed by atoms with Crippen LogP contribution in [0.25, 0.3) is 0 Å². The quantitative estimate of drug-likeness (QED) is 0.779. The summed E-state index contributed by atoms with van der Waals surface area (Å²) in [7, 11) is 1.62. The van der Waals surface area contributed by atoms with Gasteiger partial charge in [0, 0.05) is 13.7 Å². The summed E-state index contributed by atoms with van der Waals surface area (Å²) in [6.07, 6.45) is 2.68. The number of hydrogen-bond donors (Lipinski definition) is 1. The lowest BCUT2D eigenvalue weighted by Gasteiger charge is -2.39. The normalized spacial score (nSPS) is 30.3. The molecule has 0 aromatic rings. The van der Waals surface area contributed by atoms with Gasteiger partial charge in [0.2, 0.25) is 11.8 Å². The average molecular weight is 254 g/mol. The summed E-state index contributed by atoms with van der Waals surface area (Å²) < 4.78 is 5.22. The fourth-order valence-corrected chi connectivity index (χ4v) is 2.51. The van der Waals surface area contributed by atoms with Crippen molar-refractivity contribution in [1.82, 2.24) is 10.2 Å². The second-order valence-corrected chi connectivity index (χ2v) is 5.28. The molecule has 3 atom stereocenters. The lowest BCUT2D eigenvalue weighted by Crippen LogP contribution is -2.64. The molecule has 0 radical (unpaired) electrons. The maximum atomic E-state index is 12.4. The number of carbonyl (C=O) groups is 2. The van der Waals surface area contributed by atoms with Gasteiger partial charge < -0.3 is 15.0 Å². The molecule has 1 heterocycles. The van der Waals surface area contributed by atoms with Gasteiger partial charge in [-0.3, -0.25) is 9.59 Å². The van der Waals surface area contributed by atoms with Crippen LogP contribution in [0, 0.1) is 5.92 Å². The molecule has 1 N–H and O–H groups in total. The molecule has 5 heteroatoms. The molecule has 18 heavy (non-hydrogen) atoms. The number of hydrogen-bond acceptors (Lipinski definition) is 3. The molecule has 2 rings (SSSR count). The fourth-order valence-electron chi connectivity index (χ4n) is 2.51. The molecular weight excluding hydrogens is 232 g/mol. The highest BCUT2D eigenvalue weighted by Crippen LogP contribution is 2.35. The van der Waals surface area contributed by atoms with Crippen molar-refractivity contribution in [3.05, 3.63) is 0 Å². The average Bonchev–Trinajstić information content (AvgIpc) is 3.17. The van der Waals surface area contributed by atoms with Gasteiger partial charge in [-0.15, -0.1) is 0 Å². The first-order valence-electron chi connectivity index (χ1n) is 6.72. The van der Waals surface area contributed by atoms with E-state index in [-0.39, 0.29) is 30.0 Å². The molecule has 0 bridgehead atoms. The van der Waals surface area contributed by atoms with E-state index in [0.29, 0.717) is 18.9 Å². The number of rotatable bonds is 5. The summed E-state index contributed by atoms with van der Waals surface area (Å²) in [6.45, 7) is 4.34. The minimum Gasteiger partial charge on any atom is -0.380 e. The van der Waals surface area contributed by atoms with E-state index in [1.54, 1.807) is 12.0 Å². The Morgan fingerprint density at radius 1 is 1.44 bits per heavy atom. The van der Waals surface area contributed by atoms with Gasteiger partial charge >= 0.3 is 0 Å². The Labute approximate surface area is 108 Å². The van der Waals surface area contributed by atoms with Gasteiger partial charge in [0.25, 0.3) is 0 Å². The summed E-state index contributed by atoms with van der Waals surface area (Å²) in [5, 5.41) is 2.88. The molecule has 1 saturated carbocycles. The monoisotopic (exact) mass is 254 g/mol. The van der Waals surface area contributed by atoms with Crippen molar-refractivity contribution < 1.29 is 14.3 Å². The van der Waals surface area contributed by atoms with Crippen LogP contribution in [0.2, 0.25) is 0 Å². The minimum atomic E-state index is -0.343. The number of carbonyl (C=O) groups excluding carboxylic acids is 2. The van der Waals surface area contributed by atoms with Crippen molar-refractivity contribution >= 4 is 11.8 Å². The molecule has 1 saturated heterocycles. The van der Waals surface area contributed by atoms with Crippen LogP contribution >= 0.6 is 0 Å².